The molecule has 21 heavy (non-hydrogen) atoms. The van der Waals surface area contributed by atoms with Gasteiger partial charge in [-0.1, -0.05) is 18.1 Å². The monoisotopic (exact) mass is 290 g/mol. The quantitative estimate of drug-likeness (QED) is 0.715. The molecule has 7 nitrogen and oxygen atoms in total. The molecule has 0 fully saturated rings. The molecular formula is C14H18N4O3. The van der Waals surface area contributed by atoms with Gasteiger partial charge in [0.2, 0.25) is 11.7 Å². The molecule has 0 atom stereocenters. The highest BCUT2D eigenvalue weighted by atomic mass is 16.5. The molecule has 0 bridgehead atoms. The summed E-state index contributed by atoms with van der Waals surface area (Å²) in [7, 11) is 1.37. The average molecular weight is 290 g/mol. The maximum Gasteiger partial charge on any atom is 0.319 e. The third kappa shape index (κ3) is 4.35. The first-order valence-corrected chi connectivity index (χ1v) is 6.76. The van der Waals surface area contributed by atoms with Gasteiger partial charge in [-0.25, -0.2) is 0 Å². The van der Waals surface area contributed by atoms with E-state index in [0.717, 1.165) is 13.0 Å². The van der Waals surface area contributed by atoms with Crippen molar-refractivity contribution in [3.63, 3.8) is 0 Å². The summed E-state index contributed by atoms with van der Waals surface area (Å²) in [6, 6.07) is 5.50. The number of ether oxygens (including phenoxy) is 1. The molecule has 7 heteroatoms. The molecule has 0 saturated carbocycles. The Morgan fingerprint density at radius 2 is 2.29 bits per heavy atom. The Hall–Kier alpha value is -2.28. The van der Waals surface area contributed by atoms with Crippen molar-refractivity contribution in [2.75, 3.05) is 20.2 Å². The van der Waals surface area contributed by atoms with E-state index < -0.39 is 0 Å². The van der Waals surface area contributed by atoms with Crippen LogP contribution in [0.4, 0.5) is 0 Å². The van der Waals surface area contributed by atoms with Crippen LogP contribution in [0.25, 0.3) is 11.5 Å². The number of carbonyl (C=O) groups excluding carboxylic acids is 1. The van der Waals surface area contributed by atoms with Gasteiger partial charge in [-0.3, -0.25) is 14.7 Å². The lowest BCUT2D eigenvalue weighted by Crippen LogP contribution is -2.31. The van der Waals surface area contributed by atoms with Crippen LogP contribution in [0.5, 0.6) is 0 Å². The van der Waals surface area contributed by atoms with Crippen LogP contribution < -0.4 is 0 Å². The molecule has 2 aromatic rings. The summed E-state index contributed by atoms with van der Waals surface area (Å²) in [6.45, 7) is 3.39. The van der Waals surface area contributed by atoms with Crippen LogP contribution in [-0.4, -0.2) is 46.2 Å². The molecule has 0 radical (unpaired) electrons. The predicted octanol–water partition coefficient (Wildman–Crippen LogP) is 1.52. The van der Waals surface area contributed by atoms with Crippen LogP contribution in [-0.2, 0) is 16.1 Å². The number of methoxy groups -OCH3 is 1. The Morgan fingerprint density at radius 3 is 2.95 bits per heavy atom. The van der Waals surface area contributed by atoms with Crippen molar-refractivity contribution in [2.24, 2.45) is 0 Å². The lowest BCUT2D eigenvalue weighted by molar-refractivity contribution is -0.142. The number of carbonyl (C=O) groups is 1. The number of hydrogen-bond acceptors (Lipinski definition) is 7. The molecule has 0 saturated heterocycles. The van der Waals surface area contributed by atoms with E-state index in [1.165, 1.54) is 7.11 Å². The van der Waals surface area contributed by atoms with Crippen molar-refractivity contribution in [3.8, 4) is 11.5 Å². The SMILES string of the molecule is CCCN(CC(=O)OC)Cc1nc(-c2ccccn2)no1. The molecule has 2 heterocycles. The van der Waals surface area contributed by atoms with Crippen LogP contribution in [0.1, 0.15) is 19.2 Å². The van der Waals surface area contributed by atoms with E-state index in [4.69, 9.17) is 4.52 Å². The number of aromatic nitrogens is 3. The van der Waals surface area contributed by atoms with Gasteiger partial charge in [0, 0.05) is 6.20 Å². The van der Waals surface area contributed by atoms with E-state index in [2.05, 4.69) is 19.9 Å². The molecule has 112 valence electrons. The Balaban J connectivity index is 2.04. The maximum absolute atomic E-state index is 11.4. The zero-order valence-corrected chi connectivity index (χ0v) is 12.2. The highest BCUT2D eigenvalue weighted by Gasteiger charge is 2.15. The van der Waals surface area contributed by atoms with Crippen molar-refractivity contribution in [1.29, 1.82) is 0 Å². The summed E-state index contributed by atoms with van der Waals surface area (Å²) in [4.78, 5) is 21.7. The molecule has 0 N–H and O–H groups in total. The number of nitrogens with zero attached hydrogens (tertiary/aromatic N) is 4. The molecule has 0 aromatic carbocycles. The Labute approximate surface area is 122 Å². The molecular weight excluding hydrogens is 272 g/mol. The second kappa shape index (κ2) is 7.49. The van der Waals surface area contributed by atoms with Gasteiger partial charge >= 0.3 is 5.97 Å². The summed E-state index contributed by atoms with van der Waals surface area (Å²) in [5.41, 5.74) is 0.655. The van der Waals surface area contributed by atoms with Crippen molar-refractivity contribution >= 4 is 5.97 Å². The van der Waals surface area contributed by atoms with Crippen LogP contribution >= 0.6 is 0 Å². The zero-order valence-electron chi connectivity index (χ0n) is 12.2. The van der Waals surface area contributed by atoms with Crippen LogP contribution in [0, 0.1) is 0 Å². The molecule has 2 aromatic heterocycles. The standard InChI is InChI=1S/C14H18N4O3/c1-3-8-18(10-13(19)20-2)9-12-16-14(17-21-12)11-6-4-5-7-15-11/h4-7H,3,8-10H2,1-2H3. The minimum atomic E-state index is -0.284. The second-order valence-corrected chi connectivity index (χ2v) is 4.51. The largest absolute Gasteiger partial charge is 0.468 e. The van der Waals surface area contributed by atoms with Gasteiger partial charge in [0.25, 0.3) is 0 Å². The molecule has 2 rings (SSSR count). The van der Waals surface area contributed by atoms with Crippen molar-refractivity contribution in [2.45, 2.75) is 19.9 Å². The zero-order chi connectivity index (χ0) is 15.1. The smallest absolute Gasteiger partial charge is 0.319 e. The first-order valence-electron chi connectivity index (χ1n) is 6.76. The summed E-state index contributed by atoms with van der Waals surface area (Å²) in [6.07, 6.45) is 2.59. The lowest BCUT2D eigenvalue weighted by atomic mass is 10.3. The molecule has 0 spiro atoms. The first-order chi connectivity index (χ1) is 10.2. The third-order valence-electron chi connectivity index (χ3n) is 2.84. The van der Waals surface area contributed by atoms with E-state index in [0.29, 0.717) is 24.0 Å². The van der Waals surface area contributed by atoms with E-state index >= 15 is 0 Å². The number of pyridine rings is 1. The van der Waals surface area contributed by atoms with Gasteiger partial charge in [0.15, 0.2) is 0 Å². The van der Waals surface area contributed by atoms with Gasteiger partial charge in [-0.05, 0) is 25.1 Å². The van der Waals surface area contributed by atoms with Crippen molar-refractivity contribution in [3.05, 3.63) is 30.3 Å². The fraction of sp³-hybridized carbons (Fsp3) is 0.429. The van der Waals surface area contributed by atoms with Crippen LogP contribution in [0.2, 0.25) is 0 Å². The molecule has 0 amide bonds. The van der Waals surface area contributed by atoms with Gasteiger partial charge in [-0.15, -0.1) is 0 Å². The van der Waals surface area contributed by atoms with Gasteiger partial charge in [0.1, 0.15) is 5.69 Å². The molecule has 0 aliphatic heterocycles. The normalized spacial score (nSPS) is 10.8. The topological polar surface area (TPSA) is 81.4 Å². The predicted molar refractivity (Wildman–Crippen MR) is 75.1 cm³/mol. The fourth-order valence-electron chi connectivity index (χ4n) is 1.89. The minimum absolute atomic E-state index is 0.200. The molecule has 0 aliphatic rings. The minimum Gasteiger partial charge on any atom is -0.468 e. The third-order valence-corrected chi connectivity index (χ3v) is 2.84. The van der Waals surface area contributed by atoms with Gasteiger partial charge < -0.3 is 9.26 Å². The summed E-state index contributed by atoms with van der Waals surface area (Å²) >= 11 is 0. The Kier molecular flexibility index (Phi) is 5.39. The van der Waals surface area contributed by atoms with Crippen LogP contribution in [0.15, 0.2) is 28.9 Å². The maximum atomic E-state index is 11.4. The molecule has 0 aliphatic carbocycles. The highest BCUT2D eigenvalue weighted by Crippen LogP contribution is 2.13. The Bertz CT molecular complexity index is 571. The summed E-state index contributed by atoms with van der Waals surface area (Å²) in [5, 5.41) is 3.91. The van der Waals surface area contributed by atoms with Gasteiger partial charge in [-0.2, -0.15) is 4.98 Å². The van der Waals surface area contributed by atoms with E-state index in [1.807, 2.05) is 30.0 Å². The van der Waals surface area contributed by atoms with Gasteiger partial charge in [0.05, 0.1) is 20.2 Å². The molecule has 0 unspecified atom stereocenters. The number of esters is 1. The van der Waals surface area contributed by atoms with Crippen molar-refractivity contribution < 1.29 is 14.1 Å². The van der Waals surface area contributed by atoms with E-state index in [9.17, 15) is 4.79 Å². The lowest BCUT2D eigenvalue weighted by Gasteiger charge is -2.17. The van der Waals surface area contributed by atoms with Crippen LogP contribution in [0.3, 0.4) is 0 Å². The van der Waals surface area contributed by atoms with E-state index in [1.54, 1.807) is 6.20 Å². The average Bonchev–Trinajstić information content (AvgIpc) is 2.97. The van der Waals surface area contributed by atoms with Crippen molar-refractivity contribution in [1.82, 2.24) is 20.0 Å². The second-order valence-electron chi connectivity index (χ2n) is 4.51. The van der Waals surface area contributed by atoms with E-state index in [-0.39, 0.29) is 12.5 Å². The summed E-state index contributed by atoms with van der Waals surface area (Å²) < 4.78 is 9.90. The fourth-order valence-corrected chi connectivity index (χ4v) is 1.89. The number of hydrogen-bond donors (Lipinski definition) is 0. The first kappa shape index (κ1) is 15.1. The highest BCUT2D eigenvalue weighted by molar-refractivity contribution is 5.71. The summed E-state index contributed by atoms with van der Waals surface area (Å²) in [5.74, 6) is 0.612. The number of rotatable bonds is 7. The Morgan fingerprint density at radius 1 is 1.43 bits per heavy atom.